The number of ether oxygens (including phenoxy) is 1. The van der Waals surface area contributed by atoms with E-state index in [1.54, 1.807) is 0 Å². The molecule has 2 aliphatic rings. The average molecular weight is 326 g/mol. The Bertz CT molecular complexity index is 789. The number of hydrogen-bond acceptors (Lipinski definition) is 6. The molecule has 0 bridgehead atoms. The quantitative estimate of drug-likeness (QED) is 0.909. The number of rotatable bonds is 2. The minimum atomic E-state index is -4.25. The fourth-order valence-electron chi connectivity index (χ4n) is 2.42. The molecule has 1 amide bonds. The van der Waals surface area contributed by atoms with Gasteiger partial charge in [0.25, 0.3) is 11.8 Å². The van der Waals surface area contributed by atoms with E-state index in [0.717, 1.165) is 0 Å². The Hall–Kier alpha value is -2.65. The fourth-order valence-corrected chi connectivity index (χ4v) is 2.42. The highest BCUT2D eigenvalue weighted by atomic mass is 19.4. The van der Waals surface area contributed by atoms with Gasteiger partial charge in [-0.15, -0.1) is 0 Å². The number of anilines is 1. The summed E-state index contributed by atoms with van der Waals surface area (Å²) in [5, 5.41) is 6.15. The molecule has 1 aliphatic carbocycles. The van der Waals surface area contributed by atoms with Crippen LogP contribution >= 0.6 is 0 Å². The summed E-state index contributed by atoms with van der Waals surface area (Å²) in [6.45, 7) is -0.136. The summed E-state index contributed by atoms with van der Waals surface area (Å²) in [7, 11) is 0. The SMILES string of the molecule is O=C1COc2cc(-c3nc([C@@H]4C[C@H]4C(F)(F)F)no3)cnc2N1. The summed E-state index contributed by atoms with van der Waals surface area (Å²) < 4.78 is 48.0. The predicted octanol–water partition coefficient (Wildman–Crippen LogP) is 2.13. The minimum Gasteiger partial charge on any atom is -0.480 e. The van der Waals surface area contributed by atoms with Crippen LogP contribution in [-0.2, 0) is 4.79 Å². The molecule has 3 heterocycles. The maximum absolute atomic E-state index is 12.6. The van der Waals surface area contributed by atoms with E-state index in [0.29, 0.717) is 11.3 Å². The molecule has 2 aromatic rings. The first-order valence-corrected chi connectivity index (χ1v) is 6.75. The van der Waals surface area contributed by atoms with Crippen molar-refractivity contribution in [3.63, 3.8) is 0 Å². The smallest absolute Gasteiger partial charge is 0.392 e. The summed E-state index contributed by atoms with van der Waals surface area (Å²) in [6, 6.07) is 1.53. The van der Waals surface area contributed by atoms with Gasteiger partial charge in [0, 0.05) is 12.1 Å². The molecular formula is C13H9F3N4O3. The van der Waals surface area contributed by atoms with Crippen LogP contribution in [0.2, 0.25) is 0 Å². The number of nitrogens with zero attached hydrogens (tertiary/aromatic N) is 3. The molecule has 1 fully saturated rings. The van der Waals surface area contributed by atoms with Gasteiger partial charge in [-0.05, 0) is 12.5 Å². The van der Waals surface area contributed by atoms with Crippen LogP contribution in [0.1, 0.15) is 18.2 Å². The monoisotopic (exact) mass is 326 g/mol. The number of carbonyl (C=O) groups excluding carboxylic acids is 1. The molecule has 7 nitrogen and oxygen atoms in total. The highest BCUT2D eigenvalue weighted by molar-refractivity contribution is 5.94. The summed E-state index contributed by atoms with van der Waals surface area (Å²) in [5.41, 5.74) is 0.405. The van der Waals surface area contributed by atoms with Crippen molar-refractivity contribution >= 4 is 11.7 Å². The van der Waals surface area contributed by atoms with Crippen LogP contribution in [0.5, 0.6) is 5.75 Å². The Kier molecular flexibility index (Phi) is 2.84. The number of carbonyl (C=O) groups is 1. The molecule has 2 aromatic heterocycles. The standard InChI is InChI=1S/C13H9F3N4O3/c14-13(15,16)7-2-6(7)10-19-12(23-20-10)5-1-8-11(17-3-5)18-9(21)4-22-8/h1,3,6-7H,2,4H2,(H,17,18,21)/t6-,7-/m1/s1. The van der Waals surface area contributed by atoms with Crippen molar-refractivity contribution in [3.8, 4) is 17.2 Å². The lowest BCUT2D eigenvalue weighted by Crippen LogP contribution is -2.26. The van der Waals surface area contributed by atoms with Crippen LogP contribution in [0.3, 0.4) is 0 Å². The Morgan fingerprint density at radius 2 is 2.17 bits per heavy atom. The van der Waals surface area contributed by atoms with Gasteiger partial charge >= 0.3 is 6.18 Å². The van der Waals surface area contributed by atoms with Gasteiger partial charge in [-0.25, -0.2) is 4.98 Å². The number of alkyl halides is 3. The molecule has 10 heteroatoms. The van der Waals surface area contributed by atoms with Gasteiger partial charge in [0.05, 0.1) is 11.5 Å². The second-order valence-electron chi connectivity index (χ2n) is 5.36. The predicted molar refractivity (Wildman–Crippen MR) is 68.6 cm³/mol. The Labute approximate surface area is 126 Å². The average Bonchev–Trinajstić information content (AvgIpc) is 3.18. The number of fused-ring (bicyclic) bond motifs is 1. The van der Waals surface area contributed by atoms with Crippen LogP contribution in [0.25, 0.3) is 11.5 Å². The number of aromatic nitrogens is 3. The lowest BCUT2D eigenvalue weighted by molar-refractivity contribution is -0.148. The van der Waals surface area contributed by atoms with Crippen molar-refractivity contribution in [3.05, 3.63) is 18.1 Å². The molecule has 4 rings (SSSR count). The molecule has 1 aliphatic heterocycles. The maximum atomic E-state index is 12.6. The van der Waals surface area contributed by atoms with Crippen molar-refractivity contribution in [2.45, 2.75) is 18.5 Å². The van der Waals surface area contributed by atoms with E-state index in [2.05, 4.69) is 20.4 Å². The fraction of sp³-hybridized carbons (Fsp3) is 0.385. The molecule has 0 aromatic carbocycles. The zero-order valence-corrected chi connectivity index (χ0v) is 11.4. The topological polar surface area (TPSA) is 90.1 Å². The van der Waals surface area contributed by atoms with Crippen molar-refractivity contribution in [2.24, 2.45) is 5.92 Å². The zero-order valence-electron chi connectivity index (χ0n) is 11.4. The van der Waals surface area contributed by atoms with E-state index in [1.165, 1.54) is 12.3 Å². The van der Waals surface area contributed by atoms with Crippen molar-refractivity contribution < 1.29 is 27.2 Å². The van der Waals surface area contributed by atoms with Crippen LogP contribution in [-0.4, -0.2) is 33.8 Å². The molecule has 0 saturated heterocycles. The summed E-state index contributed by atoms with van der Waals surface area (Å²) >= 11 is 0. The van der Waals surface area contributed by atoms with E-state index in [-0.39, 0.29) is 36.5 Å². The molecule has 1 N–H and O–H groups in total. The molecule has 2 atom stereocenters. The summed E-state index contributed by atoms with van der Waals surface area (Å²) in [4.78, 5) is 19.2. The maximum Gasteiger partial charge on any atom is 0.392 e. The minimum absolute atomic E-state index is 0.0277. The number of pyridine rings is 1. The van der Waals surface area contributed by atoms with E-state index in [9.17, 15) is 18.0 Å². The van der Waals surface area contributed by atoms with Gasteiger partial charge in [-0.3, -0.25) is 4.79 Å². The van der Waals surface area contributed by atoms with E-state index < -0.39 is 18.0 Å². The van der Waals surface area contributed by atoms with Gasteiger partial charge in [-0.2, -0.15) is 18.2 Å². The van der Waals surface area contributed by atoms with Crippen LogP contribution in [0.4, 0.5) is 19.0 Å². The molecule has 0 radical (unpaired) electrons. The largest absolute Gasteiger partial charge is 0.480 e. The van der Waals surface area contributed by atoms with Gasteiger partial charge in [-0.1, -0.05) is 5.16 Å². The third-order valence-electron chi connectivity index (χ3n) is 3.70. The Morgan fingerprint density at radius 1 is 1.35 bits per heavy atom. The third-order valence-corrected chi connectivity index (χ3v) is 3.70. The van der Waals surface area contributed by atoms with E-state index in [4.69, 9.17) is 9.26 Å². The highest BCUT2D eigenvalue weighted by Crippen LogP contribution is 2.55. The normalized spacial score (nSPS) is 23.0. The van der Waals surface area contributed by atoms with E-state index in [1.807, 2.05) is 0 Å². The van der Waals surface area contributed by atoms with Crippen LogP contribution in [0, 0.1) is 5.92 Å². The van der Waals surface area contributed by atoms with Gasteiger partial charge in [0.2, 0.25) is 0 Å². The molecule has 23 heavy (non-hydrogen) atoms. The first kappa shape index (κ1) is 14.0. The van der Waals surface area contributed by atoms with Crippen LogP contribution < -0.4 is 10.1 Å². The molecule has 1 saturated carbocycles. The first-order chi connectivity index (χ1) is 10.9. The summed E-state index contributed by atoms with van der Waals surface area (Å²) in [5.74, 6) is -1.78. The van der Waals surface area contributed by atoms with Gasteiger partial charge < -0.3 is 14.6 Å². The number of halogens is 3. The van der Waals surface area contributed by atoms with Crippen LogP contribution in [0.15, 0.2) is 16.8 Å². The summed E-state index contributed by atoms with van der Waals surface area (Å²) in [6.07, 6.45) is -2.90. The van der Waals surface area contributed by atoms with Crippen molar-refractivity contribution in [2.75, 3.05) is 11.9 Å². The number of nitrogens with one attached hydrogen (secondary N) is 1. The zero-order chi connectivity index (χ0) is 16.2. The van der Waals surface area contributed by atoms with Crippen molar-refractivity contribution in [1.29, 1.82) is 0 Å². The lowest BCUT2D eigenvalue weighted by Gasteiger charge is -2.16. The first-order valence-electron chi connectivity index (χ1n) is 6.75. The Balaban J connectivity index is 1.57. The number of amides is 1. The molecule has 0 unspecified atom stereocenters. The van der Waals surface area contributed by atoms with Crippen molar-refractivity contribution in [1.82, 2.24) is 15.1 Å². The second kappa shape index (κ2) is 4.67. The lowest BCUT2D eigenvalue weighted by atomic mass is 10.2. The molecule has 120 valence electrons. The van der Waals surface area contributed by atoms with E-state index >= 15 is 0 Å². The Morgan fingerprint density at radius 3 is 2.91 bits per heavy atom. The molecule has 0 spiro atoms. The van der Waals surface area contributed by atoms with Gasteiger partial charge in [0.15, 0.2) is 24.0 Å². The number of hydrogen-bond donors (Lipinski definition) is 1. The van der Waals surface area contributed by atoms with Gasteiger partial charge in [0.1, 0.15) is 0 Å². The third kappa shape index (κ3) is 2.49. The highest BCUT2D eigenvalue weighted by Gasteiger charge is 2.58. The second-order valence-corrected chi connectivity index (χ2v) is 5.36. The molecular weight excluding hydrogens is 317 g/mol.